The molecule has 10 nitrogen and oxygen atoms in total. The minimum atomic E-state index is -0.492. The van der Waals surface area contributed by atoms with E-state index >= 15 is 0 Å². The van der Waals surface area contributed by atoms with Gasteiger partial charge in [-0.15, -0.1) is 0 Å². The third-order valence-corrected chi connectivity index (χ3v) is 7.13. The SMILES string of the molecule is CC(C)(C)OC(=O)N1CCN(CCCOc2ccc3cccc(C(=O)NCC(=O)N4CCC[C@H]4C#N)c3c2)CC1. The summed E-state index contributed by atoms with van der Waals surface area (Å²) in [6.07, 6.45) is 2.04. The lowest BCUT2D eigenvalue weighted by Gasteiger charge is -2.35. The maximum absolute atomic E-state index is 13.0. The van der Waals surface area contributed by atoms with Crippen LogP contribution in [0.5, 0.6) is 5.75 Å². The molecule has 2 aliphatic rings. The number of fused-ring (bicyclic) bond motifs is 1. The van der Waals surface area contributed by atoms with Crippen molar-refractivity contribution in [3.05, 3.63) is 42.0 Å². The molecule has 2 aromatic rings. The number of carbonyl (C=O) groups is 3. The number of nitriles is 1. The molecule has 214 valence electrons. The minimum absolute atomic E-state index is 0.143. The molecule has 0 spiro atoms. The highest BCUT2D eigenvalue weighted by Crippen LogP contribution is 2.25. The van der Waals surface area contributed by atoms with Crippen LogP contribution < -0.4 is 10.1 Å². The Hall–Kier alpha value is -3.84. The van der Waals surface area contributed by atoms with E-state index in [4.69, 9.17) is 9.47 Å². The summed E-state index contributed by atoms with van der Waals surface area (Å²) in [5.41, 5.74) is -0.0228. The van der Waals surface area contributed by atoms with Gasteiger partial charge in [-0.3, -0.25) is 14.5 Å². The molecule has 0 aromatic heterocycles. The first-order chi connectivity index (χ1) is 19.1. The highest BCUT2D eigenvalue weighted by Gasteiger charge is 2.29. The largest absolute Gasteiger partial charge is 0.494 e. The molecule has 0 saturated carbocycles. The second-order valence-electron chi connectivity index (χ2n) is 11.3. The van der Waals surface area contributed by atoms with E-state index in [0.717, 1.165) is 43.2 Å². The van der Waals surface area contributed by atoms with Crippen molar-refractivity contribution >= 4 is 28.7 Å². The van der Waals surface area contributed by atoms with Crippen LogP contribution in [0.4, 0.5) is 4.79 Å². The molecule has 10 heteroatoms. The topological polar surface area (TPSA) is 115 Å². The van der Waals surface area contributed by atoms with Crippen LogP contribution in [0.15, 0.2) is 36.4 Å². The number of carbonyl (C=O) groups excluding carboxylic acids is 3. The highest BCUT2D eigenvalue weighted by atomic mass is 16.6. The zero-order chi connectivity index (χ0) is 28.7. The van der Waals surface area contributed by atoms with Crippen LogP contribution in [0.3, 0.4) is 0 Å². The maximum atomic E-state index is 13.0. The summed E-state index contributed by atoms with van der Waals surface area (Å²) in [4.78, 5) is 43.4. The molecule has 4 rings (SSSR count). The fourth-order valence-corrected chi connectivity index (χ4v) is 5.05. The monoisotopic (exact) mass is 549 g/mol. The lowest BCUT2D eigenvalue weighted by molar-refractivity contribution is -0.130. The highest BCUT2D eigenvalue weighted by molar-refractivity contribution is 6.08. The summed E-state index contributed by atoms with van der Waals surface area (Å²) in [6, 6.07) is 12.9. The third-order valence-electron chi connectivity index (χ3n) is 7.13. The molecular formula is C30H39N5O5. The van der Waals surface area contributed by atoms with E-state index in [-0.39, 0.29) is 24.5 Å². The van der Waals surface area contributed by atoms with E-state index in [0.29, 0.717) is 44.0 Å². The molecule has 2 aliphatic heterocycles. The molecule has 1 atom stereocenters. The number of likely N-dealkylation sites (tertiary alicyclic amines) is 1. The van der Waals surface area contributed by atoms with Crippen LogP contribution >= 0.6 is 0 Å². The van der Waals surface area contributed by atoms with Crippen molar-refractivity contribution in [2.24, 2.45) is 0 Å². The molecule has 0 unspecified atom stereocenters. The Bertz CT molecular complexity index is 1260. The molecule has 0 radical (unpaired) electrons. The third kappa shape index (κ3) is 7.63. The van der Waals surface area contributed by atoms with E-state index in [1.165, 1.54) is 4.90 Å². The van der Waals surface area contributed by atoms with E-state index in [2.05, 4.69) is 16.3 Å². The van der Waals surface area contributed by atoms with Gasteiger partial charge in [0.1, 0.15) is 17.4 Å². The first-order valence-electron chi connectivity index (χ1n) is 14.0. The summed E-state index contributed by atoms with van der Waals surface area (Å²) in [5.74, 6) is 0.0924. The van der Waals surface area contributed by atoms with Crippen molar-refractivity contribution in [1.29, 1.82) is 5.26 Å². The number of ether oxygens (including phenoxy) is 2. The Morgan fingerprint density at radius 2 is 1.85 bits per heavy atom. The number of hydrogen-bond acceptors (Lipinski definition) is 7. The van der Waals surface area contributed by atoms with Crippen molar-refractivity contribution in [3.8, 4) is 11.8 Å². The van der Waals surface area contributed by atoms with Gasteiger partial charge in [-0.2, -0.15) is 5.26 Å². The minimum Gasteiger partial charge on any atom is -0.494 e. The zero-order valence-electron chi connectivity index (χ0n) is 23.6. The van der Waals surface area contributed by atoms with E-state index in [9.17, 15) is 19.6 Å². The van der Waals surface area contributed by atoms with Crippen molar-refractivity contribution in [1.82, 2.24) is 20.0 Å². The predicted molar refractivity (Wildman–Crippen MR) is 151 cm³/mol. The van der Waals surface area contributed by atoms with Crippen LogP contribution in [0.1, 0.15) is 50.4 Å². The molecule has 3 amide bonds. The van der Waals surface area contributed by atoms with E-state index < -0.39 is 11.6 Å². The van der Waals surface area contributed by atoms with Crippen LogP contribution in [0.25, 0.3) is 10.8 Å². The molecule has 0 aliphatic carbocycles. The summed E-state index contributed by atoms with van der Waals surface area (Å²) < 4.78 is 11.5. The Morgan fingerprint density at radius 3 is 2.58 bits per heavy atom. The Morgan fingerprint density at radius 1 is 1.07 bits per heavy atom. The molecule has 2 saturated heterocycles. The summed E-state index contributed by atoms with van der Waals surface area (Å²) >= 11 is 0. The number of rotatable bonds is 8. The molecule has 40 heavy (non-hydrogen) atoms. The van der Waals surface area contributed by atoms with Crippen molar-refractivity contribution in [2.45, 2.75) is 51.7 Å². The van der Waals surface area contributed by atoms with E-state index in [1.807, 2.05) is 51.1 Å². The summed E-state index contributed by atoms with van der Waals surface area (Å²) in [7, 11) is 0. The first kappa shape index (κ1) is 29.2. The molecule has 2 fully saturated rings. The van der Waals surface area contributed by atoms with Crippen LogP contribution in [0.2, 0.25) is 0 Å². The maximum Gasteiger partial charge on any atom is 0.410 e. The number of nitrogens with zero attached hydrogens (tertiary/aromatic N) is 4. The number of piperazine rings is 1. The van der Waals surface area contributed by atoms with Gasteiger partial charge in [-0.1, -0.05) is 18.2 Å². The lowest BCUT2D eigenvalue weighted by Crippen LogP contribution is -2.50. The standard InChI is InChI=1S/C30H39N5O5/c1-30(2,3)40-29(38)34-16-14-33(15-17-34)12-6-18-39-24-11-10-22-7-4-9-25(26(22)19-24)28(37)32-21-27(36)35-13-5-8-23(35)20-31/h4,7,9-11,19,23H,5-6,8,12-18,21H2,1-3H3,(H,32,37)/t23-/m0/s1. The number of benzene rings is 2. The van der Waals surface area contributed by atoms with Gasteiger partial charge < -0.3 is 24.6 Å². The number of nitrogens with one attached hydrogen (secondary N) is 1. The average molecular weight is 550 g/mol. The van der Waals surface area contributed by atoms with Gasteiger partial charge in [0.25, 0.3) is 5.91 Å². The molecule has 2 heterocycles. The normalized spacial score (nSPS) is 17.9. The van der Waals surface area contributed by atoms with Crippen LogP contribution in [-0.4, -0.2) is 96.7 Å². The Balaban J connectivity index is 1.25. The quantitative estimate of drug-likeness (QED) is 0.502. The molecular weight excluding hydrogens is 510 g/mol. The van der Waals surface area contributed by atoms with Crippen molar-refractivity contribution in [2.75, 3.05) is 52.4 Å². The summed E-state index contributed by atoms with van der Waals surface area (Å²) in [6.45, 7) is 10.3. The van der Waals surface area contributed by atoms with Gasteiger partial charge in [0.05, 0.1) is 19.2 Å². The first-order valence-corrected chi connectivity index (χ1v) is 14.0. The van der Waals surface area contributed by atoms with Crippen molar-refractivity contribution in [3.63, 3.8) is 0 Å². The fraction of sp³-hybridized carbons (Fsp3) is 0.533. The molecule has 1 N–H and O–H groups in total. The lowest BCUT2D eigenvalue weighted by atomic mass is 10.0. The molecule has 0 bridgehead atoms. The van der Waals surface area contributed by atoms with Gasteiger partial charge in [-0.25, -0.2) is 4.79 Å². The average Bonchev–Trinajstić information content (AvgIpc) is 3.42. The Kier molecular flexibility index (Phi) is 9.48. The summed E-state index contributed by atoms with van der Waals surface area (Å²) in [5, 5.41) is 13.6. The molecule has 2 aromatic carbocycles. The van der Waals surface area contributed by atoms with Gasteiger partial charge in [0.15, 0.2) is 0 Å². The van der Waals surface area contributed by atoms with E-state index in [1.54, 1.807) is 11.0 Å². The smallest absolute Gasteiger partial charge is 0.410 e. The zero-order valence-corrected chi connectivity index (χ0v) is 23.6. The second kappa shape index (κ2) is 13.0. The van der Waals surface area contributed by atoms with Crippen LogP contribution in [-0.2, 0) is 9.53 Å². The number of amides is 3. The van der Waals surface area contributed by atoms with Crippen LogP contribution in [0, 0.1) is 11.3 Å². The van der Waals surface area contributed by atoms with Gasteiger partial charge in [-0.05, 0) is 69.0 Å². The van der Waals surface area contributed by atoms with Crippen molar-refractivity contribution < 1.29 is 23.9 Å². The predicted octanol–water partition coefficient (Wildman–Crippen LogP) is 3.41. The van der Waals surface area contributed by atoms with Gasteiger partial charge in [0, 0.05) is 44.8 Å². The van der Waals surface area contributed by atoms with Gasteiger partial charge in [0.2, 0.25) is 5.91 Å². The fourth-order valence-electron chi connectivity index (χ4n) is 5.05. The van der Waals surface area contributed by atoms with Gasteiger partial charge >= 0.3 is 6.09 Å². The Labute approximate surface area is 235 Å². The second-order valence-corrected chi connectivity index (χ2v) is 11.3. The number of hydrogen-bond donors (Lipinski definition) is 1.